The summed E-state index contributed by atoms with van der Waals surface area (Å²) in [5.41, 5.74) is 0.0332. The quantitative estimate of drug-likeness (QED) is 0.347. The molecule has 204 valence electrons. The van der Waals surface area contributed by atoms with Crippen molar-refractivity contribution in [3.05, 3.63) is 65.7 Å². The molecule has 1 aliphatic heterocycles. The summed E-state index contributed by atoms with van der Waals surface area (Å²) in [6, 6.07) is 11.5. The lowest BCUT2D eigenvalue weighted by molar-refractivity contribution is -0.142. The highest BCUT2D eigenvalue weighted by molar-refractivity contribution is 5.37. The molecule has 4 heterocycles. The topological polar surface area (TPSA) is 109 Å². The van der Waals surface area contributed by atoms with Crippen molar-refractivity contribution in [3.63, 3.8) is 0 Å². The summed E-state index contributed by atoms with van der Waals surface area (Å²) in [6.07, 6.45) is 0.836. The number of alkyl halides is 3. The maximum absolute atomic E-state index is 13.5. The van der Waals surface area contributed by atoms with Gasteiger partial charge in [0.25, 0.3) is 5.78 Å². The first-order valence-electron chi connectivity index (χ1n) is 12.8. The Bertz CT molecular complexity index is 1430. The average Bonchev–Trinajstić information content (AvgIpc) is 3.33. The van der Waals surface area contributed by atoms with E-state index in [-0.39, 0.29) is 31.1 Å². The summed E-state index contributed by atoms with van der Waals surface area (Å²) in [4.78, 5) is 12.5. The van der Waals surface area contributed by atoms with Crippen molar-refractivity contribution >= 4 is 11.7 Å². The van der Waals surface area contributed by atoms with E-state index in [9.17, 15) is 13.2 Å². The number of hydrogen-bond donors (Lipinski definition) is 1. The zero-order chi connectivity index (χ0) is 26.8. The highest BCUT2D eigenvalue weighted by Crippen LogP contribution is 2.37. The highest BCUT2D eigenvalue weighted by atomic mass is 19.4. The van der Waals surface area contributed by atoms with Gasteiger partial charge < -0.3 is 19.5 Å². The van der Waals surface area contributed by atoms with Gasteiger partial charge in [0.15, 0.2) is 0 Å². The maximum Gasteiger partial charge on any atom is 0.423 e. The van der Waals surface area contributed by atoms with Crippen molar-refractivity contribution in [2.45, 2.75) is 56.5 Å². The normalized spacial score (nSPS) is 20.0. The molecule has 1 saturated heterocycles. The summed E-state index contributed by atoms with van der Waals surface area (Å²) in [6.45, 7) is 0.862. The first-order chi connectivity index (χ1) is 18.9. The molecule has 13 heteroatoms. The van der Waals surface area contributed by atoms with E-state index in [0.717, 1.165) is 36.8 Å². The van der Waals surface area contributed by atoms with Crippen LogP contribution in [0.15, 0.2) is 48.8 Å². The summed E-state index contributed by atoms with van der Waals surface area (Å²) in [5, 5.41) is 11.8. The van der Waals surface area contributed by atoms with Crippen LogP contribution in [0.4, 0.5) is 19.1 Å². The van der Waals surface area contributed by atoms with Crippen LogP contribution in [0.1, 0.15) is 48.6 Å². The van der Waals surface area contributed by atoms with Gasteiger partial charge in [-0.05, 0) is 24.8 Å². The molecule has 2 fully saturated rings. The predicted octanol–water partition coefficient (Wildman–Crippen LogP) is 4.43. The van der Waals surface area contributed by atoms with Crippen molar-refractivity contribution in [2.24, 2.45) is 0 Å². The molecule has 0 radical (unpaired) electrons. The number of hydrogen-bond acceptors (Lipinski definition) is 9. The Morgan fingerprint density at radius 1 is 1.05 bits per heavy atom. The van der Waals surface area contributed by atoms with Crippen LogP contribution in [0.5, 0.6) is 11.8 Å². The predicted molar refractivity (Wildman–Crippen MR) is 132 cm³/mol. The van der Waals surface area contributed by atoms with Crippen molar-refractivity contribution in [2.75, 3.05) is 18.5 Å². The number of ether oxygens (including phenoxy) is 3. The summed E-state index contributed by atoms with van der Waals surface area (Å²) in [7, 11) is 0. The minimum atomic E-state index is -4.62. The largest absolute Gasteiger partial charge is 0.473 e. The fourth-order valence-corrected chi connectivity index (χ4v) is 4.78. The van der Waals surface area contributed by atoms with Gasteiger partial charge in [0.1, 0.15) is 24.1 Å². The molecule has 1 N–H and O–H groups in total. The van der Waals surface area contributed by atoms with E-state index in [1.54, 1.807) is 6.07 Å². The lowest BCUT2D eigenvalue weighted by Crippen LogP contribution is -2.39. The number of rotatable bonds is 8. The molecular formula is C26H26F3N7O3. The zero-order valence-corrected chi connectivity index (χ0v) is 20.8. The highest BCUT2D eigenvalue weighted by Gasteiger charge is 2.38. The number of nitrogens with zero attached hydrogens (tertiary/aromatic N) is 6. The van der Waals surface area contributed by atoms with Crippen molar-refractivity contribution in [3.8, 4) is 11.8 Å². The SMILES string of the molecule is FC(F)(F)c1cnc(N[C@@H]2CCC[C@H](c3nnc4nc(OCc5ccccc5)ccn34)C2)nc1OC1COC1. The molecule has 10 nitrogen and oxygen atoms in total. The first kappa shape index (κ1) is 25.3. The second kappa shape index (κ2) is 10.6. The molecule has 0 bridgehead atoms. The van der Waals surface area contributed by atoms with Crippen LogP contribution in [0, 0.1) is 0 Å². The molecule has 1 aromatic carbocycles. The van der Waals surface area contributed by atoms with Crippen molar-refractivity contribution in [1.82, 2.24) is 29.5 Å². The smallest absolute Gasteiger partial charge is 0.423 e. The van der Waals surface area contributed by atoms with Gasteiger partial charge in [-0.2, -0.15) is 23.1 Å². The number of aromatic nitrogens is 6. The molecule has 0 unspecified atom stereocenters. The van der Waals surface area contributed by atoms with E-state index in [1.807, 2.05) is 40.9 Å². The van der Waals surface area contributed by atoms with Crippen LogP contribution in [0.3, 0.4) is 0 Å². The number of fused-ring (bicyclic) bond motifs is 1. The van der Waals surface area contributed by atoms with Gasteiger partial charge in [0.05, 0.1) is 13.2 Å². The van der Waals surface area contributed by atoms with E-state index >= 15 is 0 Å². The van der Waals surface area contributed by atoms with Crippen LogP contribution in [0.25, 0.3) is 5.78 Å². The standard InChI is InChI=1S/C26H26F3N7O3/c27-26(28,29)20-12-30-24(33-23(20)39-19-14-37-15-19)31-18-8-4-7-17(11-18)22-34-35-25-32-21(9-10-36(22)25)38-13-16-5-2-1-3-6-16/h1-3,5-6,9-10,12,17-19H,4,7-8,11,13-15H2,(H,30,31,33)/t17-,18+/m0/s1. The number of anilines is 1. The molecule has 6 rings (SSSR count). The molecular weight excluding hydrogens is 515 g/mol. The molecule has 0 spiro atoms. The van der Waals surface area contributed by atoms with Crippen LogP contribution in [-0.4, -0.2) is 54.9 Å². The van der Waals surface area contributed by atoms with Crippen molar-refractivity contribution in [1.29, 1.82) is 0 Å². The molecule has 0 amide bonds. The van der Waals surface area contributed by atoms with E-state index in [4.69, 9.17) is 14.2 Å². The fourth-order valence-electron chi connectivity index (χ4n) is 4.78. The second-order valence-corrected chi connectivity index (χ2v) is 9.66. The van der Waals surface area contributed by atoms with Crippen LogP contribution >= 0.6 is 0 Å². The Balaban J connectivity index is 1.14. The zero-order valence-electron chi connectivity index (χ0n) is 20.8. The van der Waals surface area contributed by atoms with Gasteiger partial charge in [-0.3, -0.25) is 4.40 Å². The first-order valence-corrected chi connectivity index (χ1v) is 12.8. The Hall–Kier alpha value is -4.00. The third-order valence-corrected chi connectivity index (χ3v) is 6.83. The van der Waals surface area contributed by atoms with Crippen molar-refractivity contribution < 1.29 is 27.4 Å². The molecule has 1 saturated carbocycles. The van der Waals surface area contributed by atoms with Gasteiger partial charge in [0, 0.05) is 30.4 Å². The van der Waals surface area contributed by atoms with Crippen LogP contribution in [-0.2, 0) is 17.5 Å². The third kappa shape index (κ3) is 5.72. The van der Waals surface area contributed by atoms with E-state index < -0.39 is 23.7 Å². The fraction of sp³-hybridized carbons (Fsp3) is 0.423. The van der Waals surface area contributed by atoms with Crippen LogP contribution < -0.4 is 14.8 Å². The molecule has 2 atom stereocenters. The van der Waals surface area contributed by atoms with E-state index in [1.165, 1.54) is 0 Å². The van der Waals surface area contributed by atoms with Gasteiger partial charge in [-0.15, -0.1) is 10.2 Å². The van der Waals surface area contributed by atoms with Gasteiger partial charge in [-0.25, -0.2) is 4.98 Å². The average molecular weight is 542 g/mol. The Morgan fingerprint density at radius 2 is 1.90 bits per heavy atom. The molecule has 3 aromatic heterocycles. The summed E-state index contributed by atoms with van der Waals surface area (Å²) < 4.78 is 58.5. The lowest BCUT2D eigenvalue weighted by Gasteiger charge is -2.29. The maximum atomic E-state index is 13.5. The van der Waals surface area contributed by atoms with Crippen LogP contribution in [0.2, 0.25) is 0 Å². The number of benzene rings is 1. The molecule has 39 heavy (non-hydrogen) atoms. The Labute approximate surface area is 221 Å². The minimum absolute atomic E-state index is 0.0610. The molecule has 4 aromatic rings. The second-order valence-electron chi connectivity index (χ2n) is 9.66. The Kier molecular flexibility index (Phi) is 6.90. The lowest BCUT2D eigenvalue weighted by atomic mass is 9.85. The van der Waals surface area contributed by atoms with E-state index in [2.05, 4.69) is 30.5 Å². The molecule has 1 aliphatic carbocycles. The summed E-state index contributed by atoms with van der Waals surface area (Å²) >= 11 is 0. The van der Waals surface area contributed by atoms with E-state index in [0.29, 0.717) is 24.7 Å². The van der Waals surface area contributed by atoms with Gasteiger partial charge >= 0.3 is 6.18 Å². The minimum Gasteiger partial charge on any atom is -0.473 e. The number of halogens is 3. The molecule has 2 aliphatic rings. The third-order valence-electron chi connectivity index (χ3n) is 6.83. The monoisotopic (exact) mass is 541 g/mol. The van der Waals surface area contributed by atoms with Gasteiger partial charge in [-0.1, -0.05) is 36.8 Å². The van der Waals surface area contributed by atoms with Gasteiger partial charge in [0.2, 0.25) is 17.7 Å². The Morgan fingerprint density at radius 3 is 2.67 bits per heavy atom. The number of nitrogens with one attached hydrogen (secondary N) is 1. The summed E-state index contributed by atoms with van der Waals surface area (Å²) in [5.74, 6) is 1.36.